The number of thioether (sulfide) groups is 1. The highest BCUT2D eigenvalue weighted by atomic mass is 35.5. The van der Waals surface area contributed by atoms with Gasteiger partial charge in [-0.1, -0.05) is 40.8 Å². The van der Waals surface area contributed by atoms with Gasteiger partial charge in [-0.3, -0.25) is 10.1 Å². The number of halogens is 1. The van der Waals surface area contributed by atoms with Crippen LogP contribution < -0.4 is 10.1 Å². The van der Waals surface area contributed by atoms with E-state index in [0.29, 0.717) is 21.5 Å². The highest BCUT2D eigenvalue weighted by Crippen LogP contribution is 2.27. The molecule has 1 aromatic carbocycles. The number of methoxy groups -OCH3 is 1. The van der Waals surface area contributed by atoms with E-state index in [1.165, 1.54) is 30.2 Å². The van der Waals surface area contributed by atoms with Gasteiger partial charge in [-0.2, -0.15) is 0 Å². The third kappa shape index (κ3) is 4.20. The first-order valence-corrected chi connectivity index (χ1v) is 8.04. The minimum atomic E-state index is -0.295. The average molecular weight is 342 g/mol. The maximum Gasteiger partial charge on any atom is 0.257 e. The molecule has 0 aliphatic heterocycles. The van der Waals surface area contributed by atoms with Crippen molar-refractivity contribution in [1.82, 2.24) is 10.2 Å². The van der Waals surface area contributed by atoms with Crippen LogP contribution in [0.5, 0.6) is 5.75 Å². The van der Waals surface area contributed by atoms with Crippen molar-refractivity contribution in [3.05, 3.63) is 41.4 Å². The van der Waals surface area contributed by atoms with Gasteiger partial charge in [0.25, 0.3) is 5.91 Å². The van der Waals surface area contributed by atoms with Crippen molar-refractivity contribution in [2.24, 2.45) is 0 Å². The van der Waals surface area contributed by atoms with E-state index in [1.54, 1.807) is 24.3 Å². The van der Waals surface area contributed by atoms with Crippen LogP contribution in [0.15, 0.2) is 35.2 Å². The molecule has 1 heterocycles. The number of amides is 1. The number of hydrogen-bond donors (Lipinski definition) is 1. The van der Waals surface area contributed by atoms with Gasteiger partial charge in [0.05, 0.1) is 12.1 Å². The number of carbonyl (C=O) groups excluding carboxylic acids is 1. The van der Waals surface area contributed by atoms with Crippen molar-refractivity contribution < 1.29 is 9.53 Å². The molecule has 8 heteroatoms. The Kier molecular flexibility index (Phi) is 5.60. The molecule has 21 heavy (non-hydrogen) atoms. The first-order valence-electron chi connectivity index (χ1n) is 5.86. The van der Waals surface area contributed by atoms with Gasteiger partial charge in [0.1, 0.15) is 5.75 Å². The molecule has 2 aromatic rings. The van der Waals surface area contributed by atoms with E-state index < -0.39 is 0 Å². The lowest BCUT2D eigenvalue weighted by Crippen LogP contribution is -2.11. The first kappa shape index (κ1) is 15.8. The summed E-state index contributed by atoms with van der Waals surface area (Å²) < 4.78 is 5.82. The fourth-order valence-corrected chi connectivity index (χ4v) is 3.19. The van der Waals surface area contributed by atoms with Gasteiger partial charge in [-0.15, -0.1) is 16.8 Å². The predicted molar refractivity (Wildman–Crippen MR) is 86.8 cm³/mol. The third-order valence-corrected chi connectivity index (χ3v) is 4.63. The Morgan fingerprint density at radius 2 is 2.38 bits per heavy atom. The van der Waals surface area contributed by atoms with E-state index in [0.717, 1.165) is 10.1 Å². The molecular formula is C13H12ClN3O2S2. The second kappa shape index (κ2) is 7.44. The molecule has 0 bridgehead atoms. The lowest BCUT2D eigenvalue weighted by Gasteiger charge is -2.05. The zero-order valence-corrected chi connectivity index (χ0v) is 13.5. The van der Waals surface area contributed by atoms with Gasteiger partial charge < -0.3 is 4.74 Å². The first-order chi connectivity index (χ1) is 10.1. The molecule has 0 aliphatic carbocycles. The highest BCUT2D eigenvalue weighted by molar-refractivity contribution is 8.01. The van der Waals surface area contributed by atoms with Gasteiger partial charge >= 0.3 is 0 Å². The van der Waals surface area contributed by atoms with Crippen LogP contribution >= 0.6 is 34.7 Å². The summed E-state index contributed by atoms with van der Waals surface area (Å²) in [6, 6.07) is 4.82. The van der Waals surface area contributed by atoms with Gasteiger partial charge in [0.15, 0.2) is 4.34 Å². The molecule has 110 valence electrons. The van der Waals surface area contributed by atoms with Crippen LogP contribution in [-0.2, 0) is 0 Å². The number of nitrogens with one attached hydrogen (secondary N) is 1. The van der Waals surface area contributed by atoms with Crippen molar-refractivity contribution in [2.45, 2.75) is 4.34 Å². The Hall–Kier alpha value is -1.57. The predicted octanol–water partition coefficient (Wildman–Crippen LogP) is 3.73. The number of carbonyl (C=O) groups is 1. The molecule has 1 aromatic heterocycles. The molecule has 0 spiro atoms. The number of nitrogens with zero attached hydrogens (tertiary/aromatic N) is 2. The Morgan fingerprint density at radius 3 is 3.05 bits per heavy atom. The smallest absolute Gasteiger partial charge is 0.257 e. The summed E-state index contributed by atoms with van der Waals surface area (Å²) in [5.74, 6) is 0.972. The molecule has 1 N–H and O–H groups in total. The summed E-state index contributed by atoms with van der Waals surface area (Å²) in [5.41, 5.74) is 0.427. The quantitative estimate of drug-likeness (QED) is 0.492. The van der Waals surface area contributed by atoms with Crippen LogP contribution in [0.2, 0.25) is 5.02 Å². The Balaban J connectivity index is 2.05. The molecule has 0 aliphatic rings. The van der Waals surface area contributed by atoms with Gasteiger partial charge in [-0.25, -0.2) is 0 Å². The maximum absolute atomic E-state index is 12.1. The summed E-state index contributed by atoms with van der Waals surface area (Å²) in [6.07, 6.45) is 1.78. The number of anilines is 1. The van der Waals surface area contributed by atoms with Crippen molar-refractivity contribution in [3.8, 4) is 5.75 Å². The second-order valence-corrected chi connectivity index (χ2v) is 6.43. The zero-order valence-electron chi connectivity index (χ0n) is 11.1. The molecule has 5 nitrogen and oxygen atoms in total. The molecule has 0 fully saturated rings. The molecule has 0 unspecified atom stereocenters. The minimum absolute atomic E-state index is 0.295. The van der Waals surface area contributed by atoms with Crippen LogP contribution in [-0.4, -0.2) is 29.0 Å². The summed E-state index contributed by atoms with van der Waals surface area (Å²) in [4.78, 5) is 12.1. The van der Waals surface area contributed by atoms with Crippen molar-refractivity contribution in [1.29, 1.82) is 0 Å². The van der Waals surface area contributed by atoms with Crippen molar-refractivity contribution in [3.63, 3.8) is 0 Å². The monoisotopic (exact) mass is 341 g/mol. The lowest BCUT2D eigenvalue weighted by atomic mass is 10.2. The lowest BCUT2D eigenvalue weighted by molar-refractivity contribution is 0.102. The number of aromatic nitrogens is 2. The highest BCUT2D eigenvalue weighted by Gasteiger charge is 2.12. The fourth-order valence-electron chi connectivity index (χ4n) is 1.43. The molecule has 0 saturated heterocycles. The summed E-state index contributed by atoms with van der Waals surface area (Å²) in [7, 11) is 1.52. The SMILES string of the molecule is C=CCSc1nnc(NC(=O)c2ccc(OC)c(Cl)c2)s1. The summed E-state index contributed by atoms with van der Waals surface area (Å²) in [6.45, 7) is 3.64. The van der Waals surface area contributed by atoms with E-state index in [4.69, 9.17) is 16.3 Å². The number of hydrogen-bond acceptors (Lipinski definition) is 6. The van der Waals surface area contributed by atoms with Gasteiger partial charge in [-0.05, 0) is 18.2 Å². The van der Waals surface area contributed by atoms with Crippen molar-refractivity contribution in [2.75, 3.05) is 18.2 Å². The Morgan fingerprint density at radius 1 is 1.57 bits per heavy atom. The zero-order chi connectivity index (χ0) is 15.2. The van der Waals surface area contributed by atoms with Crippen LogP contribution in [0.4, 0.5) is 5.13 Å². The molecule has 0 radical (unpaired) electrons. The average Bonchev–Trinajstić information content (AvgIpc) is 2.92. The Labute approximate surface area is 135 Å². The van der Waals surface area contributed by atoms with E-state index >= 15 is 0 Å². The van der Waals surface area contributed by atoms with Crippen LogP contribution in [0.25, 0.3) is 0 Å². The summed E-state index contributed by atoms with van der Waals surface area (Å²) in [5, 5.41) is 11.4. The molecule has 0 atom stereocenters. The minimum Gasteiger partial charge on any atom is -0.495 e. The number of benzene rings is 1. The molecule has 1 amide bonds. The standard InChI is InChI=1S/C13H12ClN3O2S2/c1-3-6-20-13-17-16-12(21-13)15-11(18)8-4-5-10(19-2)9(14)7-8/h3-5,7H,1,6H2,2H3,(H,15,16,18). The number of ether oxygens (including phenoxy) is 1. The molecule has 2 rings (SSSR count). The largest absolute Gasteiger partial charge is 0.495 e. The third-order valence-electron chi connectivity index (χ3n) is 2.37. The van der Waals surface area contributed by atoms with Crippen molar-refractivity contribution >= 4 is 45.7 Å². The topological polar surface area (TPSA) is 64.1 Å². The van der Waals surface area contributed by atoms with Crippen LogP contribution in [0.3, 0.4) is 0 Å². The van der Waals surface area contributed by atoms with E-state index in [2.05, 4.69) is 22.1 Å². The van der Waals surface area contributed by atoms with Gasteiger partial charge in [0.2, 0.25) is 5.13 Å². The van der Waals surface area contributed by atoms with E-state index in [1.807, 2.05) is 0 Å². The Bertz CT molecular complexity index is 661. The summed E-state index contributed by atoms with van der Waals surface area (Å²) >= 11 is 8.82. The van der Waals surface area contributed by atoms with E-state index in [9.17, 15) is 4.79 Å². The second-order valence-electron chi connectivity index (χ2n) is 3.78. The molecular weight excluding hydrogens is 330 g/mol. The molecule has 0 saturated carbocycles. The normalized spacial score (nSPS) is 10.2. The number of rotatable bonds is 6. The van der Waals surface area contributed by atoms with Gasteiger partial charge in [0, 0.05) is 11.3 Å². The van der Waals surface area contributed by atoms with E-state index in [-0.39, 0.29) is 5.91 Å². The fraction of sp³-hybridized carbons (Fsp3) is 0.154. The maximum atomic E-state index is 12.1. The van der Waals surface area contributed by atoms with Crippen LogP contribution in [0, 0.1) is 0 Å². The van der Waals surface area contributed by atoms with Crippen LogP contribution in [0.1, 0.15) is 10.4 Å².